The third-order valence-corrected chi connectivity index (χ3v) is 4.03. The van der Waals surface area contributed by atoms with Gasteiger partial charge in [0.25, 0.3) is 0 Å². The molecule has 2 aliphatic rings. The zero-order valence-corrected chi connectivity index (χ0v) is 9.95. The van der Waals surface area contributed by atoms with Crippen LogP contribution in [-0.4, -0.2) is 36.4 Å². The van der Waals surface area contributed by atoms with E-state index in [1.165, 1.54) is 25.7 Å². The van der Waals surface area contributed by atoms with Gasteiger partial charge in [-0.05, 0) is 39.2 Å². The first-order valence-corrected chi connectivity index (χ1v) is 6.24. The van der Waals surface area contributed by atoms with Gasteiger partial charge in [-0.1, -0.05) is 6.92 Å². The summed E-state index contributed by atoms with van der Waals surface area (Å²) in [7, 11) is 2.26. The van der Waals surface area contributed by atoms with Gasteiger partial charge in [0.1, 0.15) is 0 Å². The van der Waals surface area contributed by atoms with Crippen LogP contribution in [0.15, 0.2) is 4.99 Å². The van der Waals surface area contributed by atoms with E-state index in [0.717, 1.165) is 30.9 Å². The van der Waals surface area contributed by atoms with Crippen molar-refractivity contribution < 1.29 is 0 Å². The molecule has 2 unspecified atom stereocenters. The molecule has 2 fully saturated rings. The number of hydrogen-bond acceptors (Lipinski definition) is 2. The molecule has 0 saturated carbocycles. The third-order valence-electron chi connectivity index (χ3n) is 4.03. The summed E-state index contributed by atoms with van der Waals surface area (Å²) in [5.74, 6) is 1.48. The topological polar surface area (TPSA) is 41.6 Å². The minimum atomic E-state index is 0.560. The number of piperidine rings is 1. The Morgan fingerprint density at radius 2 is 1.93 bits per heavy atom. The number of aliphatic imine (C=N–C) groups is 1. The van der Waals surface area contributed by atoms with Crippen molar-refractivity contribution in [2.75, 3.05) is 13.6 Å². The van der Waals surface area contributed by atoms with Crippen LogP contribution in [0.2, 0.25) is 0 Å². The first kappa shape index (κ1) is 10.9. The fourth-order valence-electron chi connectivity index (χ4n) is 3.02. The summed E-state index contributed by atoms with van der Waals surface area (Å²) in [5.41, 5.74) is 6.06. The Hall–Kier alpha value is -0.570. The van der Waals surface area contributed by atoms with Crippen molar-refractivity contribution in [3.8, 4) is 0 Å². The van der Waals surface area contributed by atoms with Gasteiger partial charge in [-0.15, -0.1) is 0 Å². The fourth-order valence-corrected chi connectivity index (χ4v) is 3.02. The Morgan fingerprint density at radius 1 is 1.33 bits per heavy atom. The molecule has 0 aliphatic carbocycles. The second kappa shape index (κ2) is 4.52. The van der Waals surface area contributed by atoms with Gasteiger partial charge >= 0.3 is 0 Å². The van der Waals surface area contributed by atoms with Gasteiger partial charge in [-0.3, -0.25) is 4.99 Å². The van der Waals surface area contributed by atoms with Crippen LogP contribution in [0.5, 0.6) is 0 Å². The van der Waals surface area contributed by atoms with E-state index in [0.29, 0.717) is 5.92 Å². The molecule has 2 aliphatic heterocycles. The lowest BCUT2D eigenvalue weighted by molar-refractivity contribution is 0.158. The summed E-state index contributed by atoms with van der Waals surface area (Å²) < 4.78 is 0. The molecule has 2 rings (SSSR count). The Kier molecular flexibility index (Phi) is 3.29. The average Bonchev–Trinajstić information content (AvgIpc) is 2.49. The van der Waals surface area contributed by atoms with Gasteiger partial charge in [-0.2, -0.15) is 0 Å². The van der Waals surface area contributed by atoms with E-state index in [2.05, 4.69) is 23.9 Å². The van der Waals surface area contributed by atoms with Crippen LogP contribution >= 0.6 is 0 Å². The minimum Gasteiger partial charge on any atom is -0.387 e. The number of rotatable bonds is 3. The zero-order valence-electron chi connectivity index (χ0n) is 9.95. The number of nitrogens with zero attached hydrogens (tertiary/aromatic N) is 2. The van der Waals surface area contributed by atoms with Crippen LogP contribution in [0.4, 0.5) is 0 Å². The molecule has 0 radical (unpaired) electrons. The molecule has 86 valence electrons. The normalized spacial score (nSPS) is 37.2. The molecule has 0 aromatic heterocycles. The summed E-state index contributed by atoms with van der Waals surface area (Å²) >= 11 is 0. The number of hydrogen-bond donors (Lipinski definition) is 1. The summed E-state index contributed by atoms with van der Waals surface area (Å²) in [6, 6.07) is 1.54. The molecule has 2 N–H and O–H groups in total. The van der Waals surface area contributed by atoms with E-state index >= 15 is 0 Å². The first-order valence-electron chi connectivity index (χ1n) is 6.24. The van der Waals surface area contributed by atoms with Crippen LogP contribution in [0.1, 0.15) is 39.0 Å². The van der Waals surface area contributed by atoms with Crippen molar-refractivity contribution in [1.29, 1.82) is 0 Å². The lowest BCUT2D eigenvalue weighted by Crippen LogP contribution is -2.43. The predicted molar refractivity (Wildman–Crippen MR) is 64.1 cm³/mol. The van der Waals surface area contributed by atoms with Gasteiger partial charge in [0.2, 0.25) is 0 Å². The average molecular weight is 209 g/mol. The summed E-state index contributed by atoms with van der Waals surface area (Å²) in [5, 5.41) is 0. The number of nitrogens with two attached hydrogens (primary N) is 1. The molecular formula is C12H23N3. The van der Waals surface area contributed by atoms with E-state index in [1.807, 2.05) is 0 Å². The molecular weight excluding hydrogens is 186 g/mol. The first-order chi connectivity index (χ1) is 7.22. The van der Waals surface area contributed by atoms with Crippen LogP contribution in [0.3, 0.4) is 0 Å². The maximum atomic E-state index is 6.06. The molecule has 3 nitrogen and oxygen atoms in total. The molecule has 15 heavy (non-hydrogen) atoms. The highest BCUT2D eigenvalue weighted by molar-refractivity contribution is 5.83. The molecule has 0 spiro atoms. The molecule has 2 saturated heterocycles. The third kappa shape index (κ3) is 2.17. The summed E-state index contributed by atoms with van der Waals surface area (Å²) in [4.78, 5) is 7.01. The van der Waals surface area contributed by atoms with Crippen molar-refractivity contribution in [2.45, 2.75) is 51.1 Å². The van der Waals surface area contributed by atoms with Gasteiger partial charge < -0.3 is 10.6 Å². The van der Waals surface area contributed by atoms with E-state index < -0.39 is 0 Å². The SMILES string of the molecule is CCCN=C(N)C1CC2CCC(C1)N2C. The largest absolute Gasteiger partial charge is 0.387 e. The van der Waals surface area contributed by atoms with E-state index in [4.69, 9.17) is 5.73 Å². The van der Waals surface area contributed by atoms with E-state index in [9.17, 15) is 0 Å². The Labute approximate surface area is 92.7 Å². The van der Waals surface area contributed by atoms with Crippen LogP contribution in [0.25, 0.3) is 0 Å². The highest BCUT2D eigenvalue weighted by Crippen LogP contribution is 2.37. The fraction of sp³-hybridized carbons (Fsp3) is 0.917. The Morgan fingerprint density at radius 3 is 2.47 bits per heavy atom. The molecule has 2 heterocycles. The van der Waals surface area contributed by atoms with Gasteiger partial charge in [0.05, 0.1) is 5.84 Å². The molecule has 2 atom stereocenters. The van der Waals surface area contributed by atoms with Gasteiger partial charge in [0, 0.05) is 24.5 Å². The monoisotopic (exact) mass is 209 g/mol. The van der Waals surface area contributed by atoms with Gasteiger partial charge in [-0.25, -0.2) is 0 Å². The number of fused-ring (bicyclic) bond motifs is 2. The molecule has 3 heteroatoms. The van der Waals surface area contributed by atoms with Crippen molar-refractivity contribution in [3.63, 3.8) is 0 Å². The van der Waals surface area contributed by atoms with Crippen LogP contribution in [0, 0.1) is 5.92 Å². The minimum absolute atomic E-state index is 0.560. The zero-order chi connectivity index (χ0) is 10.8. The maximum Gasteiger partial charge on any atom is 0.0969 e. The Bertz CT molecular complexity index is 235. The number of amidine groups is 1. The van der Waals surface area contributed by atoms with Crippen molar-refractivity contribution in [1.82, 2.24) is 4.90 Å². The van der Waals surface area contributed by atoms with Crippen molar-refractivity contribution >= 4 is 5.84 Å². The summed E-state index contributed by atoms with van der Waals surface area (Å²) in [6.45, 7) is 3.04. The van der Waals surface area contributed by atoms with Crippen LogP contribution in [-0.2, 0) is 0 Å². The highest BCUT2D eigenvalue weighted by Gasteiger charge is 2.39. The van der Waals surface area contributed by atoms with Gasteiger partial charge in [0.15, 0.2) is 0 Å². The van der Waals surface area contributed by atoms with E-state index in [1.54, 1.807) is 0 Å². The smallest absolute Gasteiger partial charge is 0.0969 e. The molecule has 0 aromatic carbocycles. The standard InChI is InChI=1S/C12H23N3/c1-3-6-14-12(13)9-7-10-4-5-11(8-9)15(10)2/h9-11H,3-8H2,1-2H3,(H2,13,14). The highest BCUT2D eigenvalue weighted by atomic mass is 15.2. The van der Waals surface area contributed by atoms with E-state index in [-0.39, 0.29) is 0 Å². The molecule has 0 amide bonds. The second-order valence-corrected chi connectivity index (χ2v) is 5.03. The van der Waals surface area contributed by atoms with Crippen molar-refractivity contribution in [3.05, 3.63) is 0 Å². The predicted octanol–water partition coefficient (Wildman–Crippen LogP) is 1.63. The second-order valence-electron chi connectivity index (χ2n) is 5.03. The van der Waals surface area contributed by atoms with Crippen molar-refractivity contribution in [2.24, 2.45) is 16.6 Å². The summed E-state index contributed by atoms with van der Waals surface area (Å²) in [6.07, 6.45) is 6.27. The Balaban J connectivity index is 1.96. The maximum absolute atomic E-state index is 6.06. The quantitative estimate of drug-likeness (QED) is 0.567. The van der Waals surface area contributed by atoms with Crippen LogP contribution < -0.4 is 5.73 Å². The lowest BCUT2D eigenvalue weighted by atomic mass is 9.90. The molecule has 0 aromatic rings. The lowest BCUT2D eigenvalue weighted by Gasteiger charge is -2.36. The molecule has 2 bridgehead atoms.